The number of rotatable bonds is 5. The second-order valence-electron chi connectivity index (χ2n) is 7.32. The first-order valence-corrected chi connectivity index (χ1v) is 10.9. The number of aliphatic carboxylic acids is 1. The highest BCUT2D eigenvalue weighted by Gasteiger charge is 2.26. The minimum atomic E-state index is -0.982. The third-order valence-corrected chi connectivity index (χ3v) is 6.50. The van der Waals surface area contributed by atoms with Crippen molar-refractivity contribution in [3.8, 4) is 22.5 Å². The Bertz CT molecular complexity index is 1290. The van der Waals surface area contributed by atoms with E-state index < -0.39 is 5.97 Å². The monoisotopic (exact) mass is 424 g/mol. The molecule has 0 saturated carbocycles. The maximum Gasteiger partial charge on any atom is 0.328 e. The number of carbonyl (C=O) groups is 1. The molecule has 5 rings (SSSR count). The van der Waals surface area contributed by atoms with Gasteiger partial charge < -0.3 is 9.67 Å². The standard InChI is InChI=1S/C26H20N2O2S/c29-24(30)15-14-23-27-25-19-10-4-6-12-21(19)31-22-13-7-5-11-20(22)26(25)28(23)17-16-18-8-2-1-3-9-18/h1-15H,16-17H2,(H,29,30). The van der Waals surface area contributed by atoms with Gasteiger partial charge >= 0.3 is 5.97 Å². The van der Waals surface area contributed by atoms with Crippen molar-refractivity contribution in [3.63, 3.8) is 0 Å². The van der Waals surface area contributed by atoms with E-state index in [1.54, 1.807) is 17.8 Å². The van der Waals surface area contributed by atoms with E-state index in [4.69, 9.17) is 4.98 Å². The zero-order valence-corrected chi connectivity index (χ0v) is 17.5. The number of hydrogen-bond donors (Lipinski definition) is 1. The number of fused-ring (bicyclic) bond motifs is 5. The molecule has 0 saturated heterocycles. The molecule has 3 aromatic carbocycles. The molecule has 0 fully saturated rings. The van der Waals surface area contributed by atoms with Crippen LogP contribution < -0.4 is 0 Å². The lowest BCUT2D eigenvalue weighted by atomic mass is 10.0. The molecule has 0 radical (unpaired) electrons. The van der Waals surface area contributed by atoms with Crippen molar-refractivity contribution in [2.24, 2.45) is 0 Å². The van der Waals surface area contributed by atoms with Crippen LogP contribution in [0.15, 0.2) is 94.7 Å². The summed E-state index contributed by atoms with van der Waals surface area (Å²) < 4.78 is 2.16. The van der Waals surface area contributed by atoms with Crippen molar-refractivity contribution in [1.29, 1.82) is 0 Å². The van der Waals surface area contributed by atoms with Gasteiger partial charge in [-0.25, -0.2) is 9.78 Å². The van der Waals surface area contributed by atoms with Gasteiger partial charge in [-0.05, 0) is 30.2 Å². The predicted octanol–water partition coefficient (Wildman–Crippen LogP) is 6.02. The molecule has 31 heavy (non-hydrogen) atoms. The quantitative estimate of drug-likeness (QED) is 0.350. The summed E-state index contributed by atoms with van der Waals surface area (Å²) in [5.41, 5.74) is 5.35. The topological polar surface area (TPSA) is 55.1 Å². The maximum atomic E-state index is 11.2. The van der Waals surface area contributed by atoms with E-state index in [0.29, 0.717) is 12.4 Å². The highest BCUT2D eigenvalue weighted by Crippen LogP contribution is 2.47. The van der Waals surface area contributed by atoms with Crippen LogP contribution in [0.3, 0.4) is 0 Å². The van der Waals surface area contributed by atoms with E-state index in [0.717, 1.165) is 39.9 Å². The summed E-state index contributed by atoms with van der Waals surface area (Å²) in [5.74, 6) is -0.330. The van der Waals surface area contributed by atoms with Gasteiger partial charge in [0.15, 0.2) is 0 Å². The van der Waals surface area contributed by atoms with E-state index in [-0.39, 0.29) is 0 Å². The number of carboxylic acids is 1. The molecule has 1 aliphatic heterocycles. The molecule has 0 bridgehead atoms. The number of imidazole rings is 1. The molecule has 152 valence electrons. The van der Waals surface area contributed by atoms with Crippen molar-refractivity contribution in [2.45, 2.75) is 22.8 Å². The largest absolute Gasteiger partial charge is 0.478 e. The van der Waals surface area contributed by atoms with Gasteiger partial charge in [0, 0.05) is 33.5 Å². The van der Waals surface area contributed by atoms with E-state index in [1.807, 2.05) is 36.4 Å². The fourth-order valence-electron chi connectivity index (χ4n) is 3.94. The Labute approximate surface area is 184 Å². The summed E-state index contributed by atoms with van der Waals surface area (Å²) in [6, 6.07) is 26.9. The minimum absolute atomic E-state index is 0.653. The summed E-state index contributed by atoms with van der Waals surface area (Å²) in [5, 5.41) is 9.21. The Morgan fingerprint density at radius 3 is 2.29 bits per heavy atom. The van der Waals surface area contributed by atoms with Gasteiger partial charge in [-0.15, -0.1) is 0 Å². The Hall–Kier alpha value is -3.57. The second kappa shape index (κ2) is 8.28. The van der Waals surface area contributed by atoms with Crippen molar-refractivity contribution in [2.75, 3.05) is 0 Å². The van der Waals surface area contributed by atoms with Crippen molar-refractivity contribution in [3.05, 3.63) is 96.3 Å². The number of aromatic nitrogens is 2. The Morgan fingerprint density at radius 2 is 1.55 bits per heavy atom. The first kappa shape index (κ1) is 19.4. The van der Waals surface area contributed by atoms with Crippen LogP contribution in [0, 0.1) is 0 Å². The molecule has 0 atom stereocenters. The zero-order valence-electron chi connectivity index (χ0n) is 16.7. The summed E-state index contributed by atoms with van der Waals surface area (Å²) in [4.78, 5) is 18.5. The minimum Gasteiger partial charge on any atom is -0.478 e. The summed E-state index contributed by atoms with van der Waals surface area (Å²) in [7, 11) is 0. The van der Waals surface area contributed by atoms with Crippen LogP contribution >= 0.6 is 11.8 Å². The Balaban J connectivity index is 1.72. The first-order chi connectivity index (χ1) is 15.2. The molecule has 4 aromatic rings. The highest BCUT2D eigenvalue weighted by molar-refractivity contribution is 7.99. The van der Waals surface area contributed by atoms with Crippen LogP contribution in [0.1, 0.15) is 11.4 Å². The normalized spacial score (nSPS) is 12.1. The van der Waals surface area contributed by atoms with Gasteiger partial charge in [0.05, 0.1) is 11.4 Å². The van der Waals surface area contributed by atoms with Gasteiger partial charge in [0.25, 0.3) is 0 Å². The second-order valence-corrected chi connectivity index (χ2v) is 8.40. The average molecular weight is 425 g/mol. The van der Waals surface area contributed by atoms with Gasteiger partial charge in [-0.3, -0.25) is 0 Å². The van der Waals surface area contributed by atoms with Crippen LogP contribution in [0.2, 0.25) is 0 Å². The average Bonchev–Trinajstić information content (AvgIpc) is 3.09. The lowest BCUT2D eigenvalue weighted by Crippen LogP contribution is -2.06. The Kier molecular flexibility index (Phi) is 5.18. The number of benzene rings is 3. The smallest absolute Gasteiger partial charge is 0.328 e. The van der Waals surface area contributed by atoms with Gasteiger partial charge in [-0.1, -0.05) is 78.5 Å². The van der Waals surface area contributed by atoms with Crippen LogP contribution in [0.5, 0.6) is 0 Å². The molecule has 1 N–H and O–H groups in total. The third-order valence-electron chi connectivity index (χ3n) is 5.34. The zero-order chi connectivity index (χ0) is 21.2. The fraction of sp³-hybridized carbons (Fsp3) is 0.0769. The van der Waals surface area contributed by atoms with E-state index >= 15 is 0 Å². The number of hydrogen-bond acceptors (Lipinski definition) is 3. The van der Waals surface area contributed by atoms with E-state index in [9.17, 15) is 9.90 Å². The van der Waals surface area contributed by atoms with E-state index in [1.165, 1.54) is 10.5 Å². The number of carboxylic acid groups (broad SMARTS) is 1. The molecule has 0 spiro atoms. The molecule has 0 unspecified atom stereocenters. The lowest BCUT2D eigenvalue weighted by Gasteiger charge is -2.13. The predicted molar refractivity (Wildman–Crippen MR) is 124 cm³/mol. The summed E-state index contributed by atoms with van der Waals surface area (Å²) in [6.45, 7) is 0.701. The van der Waals surface area contributed by atoms with Gasteiger partial charge in [0.1, 0.15) is 5.82 Å². The third kappa shape index (κ3) is 3.80. The fourth-order valence-corrected chi connectivity index (χ4v) is 5.02. The molecule has 0 amide bonds. The molecular formula is C26H20N2O2S. The summed E-state index contributed by atoms with van der Waals surface area (Å²) in [6.07, 6.45) is 3.59. The van der Waals surface area contributed by atoms with Crippen molar-refractivity contribution in [1.82, 2.24) is 9.55 Å². The van der Waals surface area contributed by atoms with Gasteiger partial charge in [0.2, 0.25) is 0 Å². The van der Waals surface area contributed by atoms with Crippen molar-refractivity contribution < 1.29 is 9.90 Å². The van der Waals surface area contributed by atoms with E-state index in [2.05, 4.69) is 47.0 Å². The van der Waals surface area contributed by atoms with Crippen molar-refractivity contribution >= 4 is 23.8 Å². The Morgan fingerprint density at radius 1 is 0.903 bits per heavy atom. The van der Waals surface area contributed by atoms with Crippen LogP contribution in [-0.2, 0) is 17.8 Å². The highest BCUT2D eigenvalue weighted by atomic mass is 32.2. The number of aryl methyl sites for hydroxylation is 1. The van der Waals surface area contributed by atoms with Crippen LogP contribution in [-0.4, -0.2) is 20.6 Å². The molecule has 0 aliphatic carbocycles. The maximum absolute atomic E-state index is 11.2. The molecule has 4 nitrogen and oxygen atoms in total. The number of nitrogens with zero attached hydrogens (tertiary/aromatic N) is 2. The van der Waals surface area contributed by atoms with Crippen LogP contribution in [0.4, 0.5) is 0 Å². The molecule has 1 aromatic heterocycles. The molecule has 5 heteroatoms. The molecule has 2 heterocycles. The summed E-state index contributed by atoms with van der Waals surface area (Å²) >= 11 is 1.75. The van der Waals surface area contributed by atoms with Crippen LogP contribution in [0.25, 0.3) is 28.6 Å². The molecular weight excluding hydrogens is 404 g/mol. The first-order valence-electron chi connectivity index (χ1n) is 10.1. The van der Waals surface area contributed by atoms with Gasteiger partial charge in [-0.2, -0.15) is 0 Å². The molecule has 1 aliphatic rings. The lowest BCUT2D eigenvalue weighted by molar-refractivity contribution is -0.131. The SMILES string of the molecule is O=C(O)C=Cc1nc2c(n1CCc1ccccc1)-c1ccccc1Sc1ccccc1-2.